The van der Waals surface area contributed by atoms with E-state index in [1.165, 1.54) is 0 Å². The Morgan fingerprint density at radius 2 is 2.11 bits per heavy atom. The molecule has 2 aliphatic heterocycles. The molecule has 19 heavy (non-hydrogen) atoms. The zero-order valence-corrected chi connectivity index (χ0v) is 11.1. The molecule has 0 bridgehead atoms. The fraction of sp³-hybridized carbons (Fsp3) is 0.571. The van der Waals surface area contributed by atoms with E-state index in [9.17, 15) is 4.79 Å². The highest BCUT2D eigenvalue weighted by Crippen LogP contribution is 2.24. The van der Waals surface area contributed by atoms with Gasteiger partial charge >= 0.3 is 0 Å². The first-order chi connectivity index (χ1) is 9.36. The number of hydrogen-bond acceptors (Lipinski definition) is 4. The first-order valence-electron chi connectivity index (χ1n) is 7.03. The number of carbonyl (C=O) groups is 1. The fourth-order valence-electron chi connectivity index (χ4n) is 2.92. The van der Waals surface area contributed by atoms with Crippen molar-refractivity contribution >= 4 is 11.7 Å². The van der Waals surface area contributed by atoms with Crippen molar-refractivity contribution in [1.29, 1.82) is 0 Å². The number of nitrogens with one attached hydrogen (secondary N) is 1. The molecular weight excluding hydrogens is 240 g/mol. The maximum atomic E-state index is 12.6. The van der Waals surface area contributed by atoms with E-state index in [0.29, 0.717) is 0 Å². The Bertz CT molecular complexity index is 430. The van der Waals surface area contributed by atoms with E-state index in [1.807, 2.05) is 23.1 Å². The Kier molecular flexibility index (Phi) is 3.64. The topological polar surface area (TPSA) is 48.5 Å². The maximum absolute atomic E-state index is 12.6. The van der Waals surface area contributed by atoms with E-state index in [-0.39, 0.29) is 11.9 Å². The largest absolute Gasteiger partial charge is 0.345 e. The molecule has 1 aromatic rings. The summed E-state index contributed by atoms with van der Waals surface area (Å²) in [4.78, 5) is 21.1. The van der Waals surface area contributed by atoms with Gasteiger partial charge in [-0.15, -0.1) is 0 Å². The zero-order valence-electron chi connectivity index (χ0n) is 11.1. The number of carbonyl (C=O) groups excluding carboxylic acids is 1. The summed E-state index contributed by atoms with van der Waals surface area (Å²) in [7, 11) is 0. The molecule has 5 nitrogen and oxygen atoms in total. The zero-order chi connectivity index (χ0) is 13.1. The predicted molar refractivity (Wildman–Crippen MR) is 74.1 cm³/mol. The summed E-state index contributed by atoms with van der Waals surface area (Å²) in [6.45, 7) is 4.39. The molecule has 5 heteroatoms. The summed E-state index contributed by atoms with van der Waals surface area (Å²) in [6, 6.07) is 5.86. The Morgan fingerprint density at radius 1 is 1.26 bits per heavy atom. The van der Waals surface area contributed by atoms with E-state index < -0.39 is 0 Å². The molecule has 0 aromatic carbocycles. The van der Waals surface area contributed by atoms with E-state index in [4.69, 9.17) is 0 Å². The third-order valence-corrected chi connectivity index (χ3v) is 3.91. The normalized spacial score (nSPS) is 23.7. The van der Waals surface area contributed by atoms with Gasteiger partial charge in [-0.1, -0.05) is 6.07 Å². The number of hydrogen-bond donors (Lipinski definition) is 1. The molecule has 0 radical (unpaired) electrons. The van der Waals surface area contributed by atoms with Crippen molar-refractivity contribution in [3.63, 3.8) is 0 Å². The van der Waals surface area contributed by atoms with Crippen LogP contribution in [0.3, 0.4) is 0 Å². The van der Waals surface area contributed by atoms with Crippen LogP contribution in [0.4, 0.5) is 5.82 Å². The Balaban J connectivity index is 1.74. The van der Waals surface area contributed by atoms with Crippen molar-refractivity contribution in [2.24, 2.45) is 0 Å². The van der Waals surface area contributed by atoms with Gasteiger partial charge in [0.1, 0.15) is 11.9 Å². The highest BCUT2D eigenvalue weighted by molar-refractivity contribution is 5.85. The van der Waals surface area contributed by atoms with E-state index in [0.717, 1.165) is 51.4 Å². The SMILES string of the molecule is O=C(C1CCCN1c1ccccn1)N1CCNCC1. The lowest BCUT2D eigenvalue weighted by Gasteiger charge is -2.33. The summed E-state index contributed by atoms with van der Waals surface area (Å²) >= 11 is 0. The van der Waals surface area contributed by atoms with E-state index in [2.05, 4.69) is 15.2 Å². The van der Waals surface area contributed by atoms with E-state index in [1.54, 1.807) is 6.20 Å². The number of rotatable bonds is 2. The lowest BCUT2D eigenvalue weighted by Crippen LogP contribution is -2.52. The smallest absolute Gasteiger partial charge is 0.245 e. The van der Waals surface area contributed by atoms with Crippen LogP contribution in [0.5, 0.6) is 0 Å². The van der Waals surface area contributed by atoms with Crippen LogP contribution in [0.2, 0.25) is 0 Å². The first-order valence-corrected chi connectivity index (χ1v) is 7.03. The molecule has 0 spiro atoms. The van der Waals surface area contributed by atoms with Crippen molar-refractivity contribution in [3.8, 4) is 0 Å². The van der Waals surface area contributed by atoms with Gasteiger partial charge in [0.2, 0.25) is 5.91 Å². The van der Waals surface area contributed by atoms with Crippen LogP contribution in [0, 0.1) is 0 Å². The number of pyridine rings is 1. The molecule has 1 amide bonds. The Hall–Kier alpha value is -1.62. The van der Waals surface area contributed by atoms with E-state index >= 15 is 0 Å². The lowest BCUT2D eigenvalue weighted by atomic mass is 10.1. The molecule has 1 atom stereocenters. The molecular formula is C14H20N4O. The van der Waals surface area contributed by atoms with Crippen LogP contribution in [0.25, 0.3) is 0 Å². The van der Waals surface area contributed by atoms with Crippen LogP contribution in [0.15, 0.2) is 24.4 Å². The highest BCUT2D eigenvalue weighted by Gasteiger charge is 2.34. The van der Waals surface area contributed by atoms with Gasteiger partial charge < -0.3 is 15.1 Å². The second-order valence-corrected chi connectivity index (χ2v) is 5.11. The van der Waals surface area contributed by atoms with Crippen LogP contribution in [0.1, 0.15) is 12.8 Å². The van der Waals surface area contributed by atoms with Gasteiger partial charge in [-0.2, -0.15) is 0 Å². The number of nitrogens with zero attached hydrogens (tertiary/aromatic N) is 3. The number of amides is 1. The number of aromatic nitrogens is 1. The summed E-state index contributed by atoms with van der Waals surface area (Å²) in [5.74, 6) is 1.19. The molecule has 0 saturated carbocycles. The van der Waals surface area contributed by atoms with Crippen molar-refractivity contribution in [2.45, 2.75) is 18.9 Å². The second-order valence-electron chi connectivity index (χ2n) is 5.11. The maximum Gasteiger partial charge on any atom is 0.245 e. The van der Waals surface area contributed by atoms with Gasteiger partial charge in [0.05, 0.1) is 0 Å². The minimum Gasteiger partial charge on any atom is -0.345 e. The van der Waals surface area contributed by atoms with Crippen molar-refractivity contribution in [3.05, 3.63) is 24.4 Å². The van der Waals surface area contributed by atoms with Gasteiger partial charge in [-0.3, -0.25) is 4.79 Å². The minimum atomic E-state index is -0.0204. The average Bonchev–Trinajstić information content (AvgIpc) is 2.98. The van der Waals surface area contributed by atoms with Gasteiger partial charge in [0.25, 0.3) is 0 Å². The molecule has 3 rings (SSSR count). The van der Waals surface area contributed by atoms with Crippen LogP contribution < -0.4 is 10.2 Å². The summed E-state index contributed by atoms with van der Waals surface area (Å²) in [5.41, 5.74) is 0. The summed E-state index contributed by atoms with van der Waals surface area (Å²) < 4.78 is 0. The van der Waals surface area contributed by atoms with Crippen molar-refractivity contribution in [2.75, 3.05) is 37.6 Å². The second kappa shape index (κ2) is 5.57. The molecule has 102 valence electrons. The summed E-state index contributed by atoms with van der Waals surface area (Å²) in [5, 5.41) is 3.28. The van der Waals surface area contributed by atoms with Crippen molar-refractivity contribution < 1.29 is 4.79 Å². The quantitative estimate of drug-likeness (QED) is 0.840. The summed E-state index contributed by atoms with van der Waals surface area (Å²) in [6.07, 6.45) is 3.80. The van der Waals surface area contributed by atoms with Crippen LogP contribution in [-0.2, 0) is 4.79 Å². The first kappa shape index (κ1) is 12.4. The van der Waals surface area contributed by atoms with Gasteiger partial charge in [0, 0.05) is 38.9 Å². The molecule has 1 unspecified atom stereocenters. The Morgan fingerprint density at radius 3 is 2.84 bits per heavy atom. The molecule has 1 N–H and O–H groups in total. The highest BCUT2D eigenvalue weighted by atomic mass is 16.2. The number of anilines is 1. The molecule has 2 aliphatic rings. The average molecular weight is 260 g/mol. The third-order valence-electron chi connectivity index (χ3n) is 3.91. The fourth-order valence-corrected chi connectivity index (χ4v) is 2.92. The third kappa shape index (κ3) is 2.56. The molecule has 1 aromatic heterocycles. The van der Waals surface area contributed by atoms with Crippen LogP contribution in [-0.4, -0.2) is 54.6 Å². The molecule has 0 aliphatic carbocycles. The van der Waals surface area contributed by atoms with Crippen molar-refractivity contribution in [1.82, 2.24) is 15.2 Å². The van der Waals surface area contributed by atoms with Gasteiger partial charge in [0.15, 0.2) is 0 Å². The molecule has 2 saturated heterocycles. The van der Waals surface area contributed by atoms with Gasteiger partial charge in [-0.05, 0) is 25.0 Å². The number of piperazine rings is 1. The lowest BCUT2D eigenvalue weighted by molar-refractivity contribution is -0.133. The standard InChI is InChI=1S/C14H20N4O/c19-14(17-10-7-15-8-11-17)12-4-3-9-18(12)13-5-1-2-6-16-13/h1-2,5-6,12,15H,3-4,7-11H2. The molecule has 2 fully saturated rings. The monoisotopic (exact) mass is 260 g/mol. The predicted octanol–water partition coefficient (Wildman–Crippen LogP) is 0.482. The minimum absolute atomic E-state index is 0.0204. The Labute approximate surface area is 113 Å². The molecule has 3 heterocycles. The van der Waals surface area contributed by atoms with Crippen LogP contribution >= 0.6 is 0 Å². The van der Waals surface area contributed by atoms with Gasteiger partial charge in [-0.25, -0.2) is 4.98 Å².